The molecule has 0 spiro atoms. The summed E-state index contributed by atoms with van der Waals surface area (Å²) in [6.07, 6.45) is -4.12. The van der Waals surface area contributed by atoms with Gasteiger partial charge in [0.2, 0.25) is 0 Å². The van der Waals surface area contributed by atoms with Gasteiger partial charge in [-0.1, -0.05) is 12.1 Å². The van der Waals surface area contributed by atoms with E-state index in [1.807, 2.05) is 11.8 Å². The molecular weight excluding hydrogens is 317 g/mol. The Balaban J connectivity index is 1.73. The second kappa shape index (κ2) is 7.62. The molecule has 22 heavy (non-hydrogen) atoms. The molecule has 0 bridgehead atoms. The van der Waals surface area contributed by atoms with Gasteiger partial charge in [0, 0.05) is 31.1 Å². The summed E-state index contributed by atoms with van der Waals surface area (Å²) in [5.74, 6) is 1.66. The molecule has 1 heterocycles. The first-order chi connectivity index (χ1) is 10.4. The number of hydrogen-bond donors (Lipinski definition) is 1. The molecule has 1 aromatic carbocycles. The number of carbonyl (C=O) groups is 1. The SMILES string of the molecule is O=C(NCCc1ccc(OC(F)(F)F)cc1)N1CCSCC1. The second-order valence-corrected chi connectivity index (χ2v) is 6.00. The smallest absolute Gasteiger partial charge is 0.406 e. The number of hydrogen-bond acceptors (Lipinski definition) is 3. The molecule has 0 saturated carbocycles. The number of benzene rings is 1. The Bertz CT molecular complexity index is 488. The molecule has 2 rings (SSSR count). The fraction of sp³-hybridized carbons (Fsp3) is 0.500. The van der Waals surface area contributed by atoms with Crippen LogP contribution in [0.2, 0.25) is 0 Å². The maximum Gasteiger partial charge on any atom is 0.573 e. The first-order valence-corrected chi connectivity index (χ1v) is 8.05. The number of alkyl halides is 3. The zero-order valence-corrected chi connectivity index (χ0v) is 12.7. The molecule has 0 aromatic heterocycles. The highest BCUT2D eigenvalue weighted by Gasteiger charge is 2.30. The molecule has 8 heteroatoms. The van der Waals surface area contributed by atoms with Crippen LogP contribution < -0.4 is 10.1 Å². The summed E-state index contributed by atoms with van der Waals surface area (Å²) >= 11 is 1.83. The molecule has 1 saturated heterocycles. The Morgan fingerprint density at radius 2 is 1.86 bits per heavy atom. The highest BCUT2D eigenvalue weighted by molar-refractivity contribution is 7.99. The van der Waals surface area contributed by atoms with E-state index in [0.717, 1.165) is 30.2 Å². The van der Waals surface area contributed by atoms with Crippen LogP contribution in [0.25, 0.3) is 0 Å². The van der Waals surface area contributed by atoms with Gasteiger partial charge < -0.3 is 15.0 Å². The zero-order chi connectivity index (χ0) is 16.0. The molecule has 1 aromatic rings. The summed E-state index contributed by atoms with van der Waals surface area (Å²) in [4.78, 5) is 13.6. The fourth-order valence-electron chi connectivity index (χ4n) is 2.05. The van der Waals surface area contributed by atoms with Crippen molar-refractivity contribution in [3.8, 4) is 5.75 Å². The number of thioether (sulfide) groups is 1. The van der Waals surface area contributed by atoms with Crippen LogP contribution in [-0.4, -0.2) is 48.4 Å². The molecule has 1 N–H and O–H groups in total. The number of urea groups is 1. The molecule has 4 nitrogen and oxygen atoms in total. The summed E-state index contributed by atoms with van der Waals surface area (Å²) < 4.78 is 39.9. The van der Waals surface area contributed by atoms with Crippen molar-refractivity contribution >= 4 is 17.8 Å². The molecule has 0 atom stereocenters. The van der Waals surface area contributed by atoms with Gasteiger partial charge in [-0.15, -0.1) is 13.2 Å². The Hall–Kier alpha value is -1.57. The fourth-order valence-corrected chi connectivity index (χ4v) is 2.95. The molecule has 122 valence electrons. The van der Waals surface area contributed by atoms with Crippen molar-refractivity contribution in [3.63, 3.8) is 0 Å². The minimum atomic E-state index is -4.68. The van der Waals surface area contributed by atoms with Crippen molar-refractivity contribution in [1.82, 2.24) is 10.2 Å². The number of ether oxygens (including phenoxy) is 1. The summed E-state index contributed by atoms with van der Waals surface area (Å²) in [5, 5.41) is 2.82. The lowest BCUT2D eigenvalue weighted by Gasteiger charge is -2.26. The van der Waals surface area contributed by atoms with Crippen LogP contribution in [0.4, 0.5) is 18.0 Å². The number of carbonyl (C=O) groups excluding carboxylic acids is 1. The van der Waals surface area contributed by atoms with Crippen LogP contribution >= 0.6 is 11.8 Å². The quantitative estimate of drug-likeness (QED) is 0.921. The Morgan fingerprint density at radius 1 is 1.23 bits per heavy atom. The second-order valence-electron chi connectivity index (χ2n) is 4.77. The van der Waals surface area contributed by atoms with Crippen LogP contribution in [0.1, 0.15) is 5.56 Å². The molecule has 1 aliphatic rings. The lowest BCUT2D eigenvalue weighted by Crippen LogP contribution is -2.44. The maximum absolute atomic E-state index is 12.0. The summed E-state index contributed by atoms with van der Waals surface area (Å²) in [6, 6.07) is 5.58. The predicted molar refractivity (Wildman–Crippen MR) is 79.1 cm³/mol. The lowest BCUT2D eigenvalue weighted by molar-refractivity contribution is -0.274. The van der Waals surface area contributed by atoms with E-state index < -0.39 is 6.36 Å². The molecule has 0 aliphatic carbocycles. The average Bonchev–Trinajstić information content (AvgIpc) is 2.48. The molecule has 1 aliphatic heterocycles. The summed E-state index contributed by atoms with van der Waals surface area (Å²) in [5.41, 5.74) is 0.837. The Kier molecular flexibility index (Phi) is 5.82. The van der Waals surface area contributed by atoms with Crippen LogP contribution in [-0.2, 0) is 6.42 Å². The van der Waals surface area contributed by atoms with Crippen LogP contribution in [0.3, 0.4) is 0 Å². The minimum Gasteiger partial charge on any atom is -0.406 e. The average molecular weight is 334 g/mol. The van der Waals surface area contributed by atoms with Gasteiger partial charge in [-0.2, -0.15) is 11.8 Å². The van der Waals surface area contributed by atoms with E-state index in [2.05, 4.69) is 10.1 Å². The van der Waals surface area contributed by atoms with Gasteiger partial charge in [-0.25, -0.2) is 4.79 Å². The number of halogens is 3. The topological polar surface area (TPSA) is 41.6 Å². The first-order valence-electron chi connectivity index (χ1n) is 6.89. The van der Waals surface area contributed by atoms with E-state index in [9.17, 15) is 18.0 Å². The standard InChI is InChI=1S/C14H17F3N2O2S/c15-14(16,17)21-12-3-1-11(2-4-12)5-6-18-13(20)19-7-9-22-10-8-19/h1-4H,5-10H2,(H,18,20). The monoisotopic (exact) mass is 334 g/mol. The third kappa shape index (κ3) is 5.67. The third-order valence-electron chi connectivity index (χ3n) is 3.15. The van der Waals surface area contributed by atoms with Crippen molar-refractivity contribution < 1.29 is 22.7 Å². The summed E-state index contributed by atoms with van der Waals surface area (Å²) in [7, 11) is 0. The summed E-state index contributed by atoms with van der Waals surface area (Å²) in [6.45, 7) is 1.95. The van der Waals surface area contributed by atoms with E-state index in [1.54, 1.807) is 17.0 Å². The third-order valence-corrected chi connectivity index (χ3v) is 4.09. The maximum atomic E-state index is 12.0. The normalized spacial score (nSPS) is 15.5. The van der Waals surface area contributed by atoms with Gasteiger partial charge in [0.15, 0.2) is 0 Å². The van der Waals surface area contributed by atoms with E-state index in [4.69, 9.17) is 0 Å². The van der Waals surface area contributed by atoms with Gasteiger partial charge in [0.05, 0.1) is 0 Å². The number of nitrogens with zero attached hydrogens (tertiary/aromatic N) is 1. The zero-order valence-electron chi connectivity index (χ0n) is 11.9. The molecular formula is C14H17F3N2O2S. The van der Waals surface area contributed by atoms with Crippen molar-refractivity contribution in [2.75, 3.05) is 31.1 Å². The van der Waals surface area contributed by atoms with Crippen LogP contribution in [0.15, 0.2) is 24.3 Å². The van der Waals surface area contributed by atoms with E-state index in [1.165, 1.54) is 12.1 Å². The van der Waals surface area contributed by atoms with E-state index in [-0.39, 0.29) is 11.8 Å². The van der Waals surface area contributed by atoms with Gasteiger partial charge >= 0.3 is 12.4 Å². The predicted octanol–water partition coefficient (Wildman–Crippen LogP) is 2.89. The van der Waals surface area contributed by atoms with Gasteiger partial charge in [-0.3, -0.25) is 0 Å². The molecule has 0 radical (unpaired) electrons. The highest BCUT2D eigenvalue weighted by atomic mass is 32.2. The first kappa shape index (κ1) is 16.8. The van der Waals surface area contributed by atoms with Crippen LogP contribution in [0.5, 0.6) is 5.75 Å². The van der Waals surface area contributed by atoms with Crippen molar-refractivity contribution in [2.45, 2.75) is 12.8 Å². The van der Waals surface area contributed by atoms with Crippen molar-refractivity contribution in [1.29, 1.82) is 0 Å². The Labute approximate surface area is 131 Å². The number of rotatable bonds is 4. The van der Waals surface area contributed by atoms with Crippen LogP contribution in [0, 0.1) is 0 Å². The largest absolute Gasteiger partial charge is 0.573 e. The molecule has 2 amide bonds. The minimum absolute atomic E-state index is 0.0858. The lowest BCUT2D eigenvalue weighted by atomic mass is 10.1. The Morgan fingerprint density at radius 3 is 2.45 bits per heavy atom. The van der Waals surface area contributed by atoms with Gasteiger partial charge in [-0.05, 0) is 24.1 Å². The van der Waals surface area contributed by atoms with E-state index >= 15 is 0 Å². The van der Waals surface area contributed by atoms with Gasteiger partial charge in [0.1, 0.15) is 5.75 Å². The number of amides is 2. The van der Waals surface area contributed by atoms with E-state index in [0.29, 0.717) is 13.0 Å². The molecule has 0 unspecified atom stereocenters. The molecule has 1 fully saturated rings. The van der Waals surface area contributed by atoms with Crippen molar-refractivity contribution in [3.05, 3.63) is 29.8 Å². The van der Waals surface area contributed by atoms with Gasteiger partial charge in [0.25, 0.3) is 0 Å². The van der Waals surface area contributed by atoms with Crippen molar-refractivity contribution in [2.24, 2.45) is 0 Å². The highest BCUT2D eigenvalue weighted by Crippen LogP contribution is 2.22. The number of nitrogens with one attached hydrogen (secondary N) is 1.